The van der Waals surface area contributed by atoms with E-state index in [-0.39, 0.29) is 35.5 Å². The predicted molar refractivity (Wildman–Crippen MR) is 153 cm³/mol. The molecule has 1 aromatic carbocycles. The predicted octanol–water partition coefficient (Wildman–Crippen LogP) is 3.67. The highest BCUT2D eigenvalue weighted by molar-refractivity contribution is 7.89. The van der Waals surface area contributed by atoms with E-state index in [1.165, 1.54) is 35.2 Å². The minimum Gasteiger partial charge on any atom is -0.496 e. The van der Waals surface area contributed by atoms with Crippen molar-refractivity contribution in [2.24, 2.45) is 0 Å². The number of hydrogen-bond acceptors (Lipinski definition) is 9. The number of carbonyl (C=O) groups excluding carboxylic acids is 2. The number of allylic oxidation sites excluding steroid dienone is 2. The lowest BCUT2D eigenvalue weighted by atomic mass is 9.85. The number of benzene rings is 1. The molecule has 1 atom stereocenters. The van der Waals surface area contributed by atoms with Crippen molar-refractivity contribution in [1.29, 1.82) is 5.26 Å². The molecule has 1 N–H and O–H groups in total. The van der Waals surface area contributed by atoms with Crippen LogP contribution in [0.15, 0.2) is 60.4 Å². The second kappa shape index (κ2) is 12.4. The zero-order chi connectivity index (χ0) is 29.6. The molecule has 13 heteroatoms. The number of nitriles is 1. The van der Waals surface area contributed by atoms with Crippen LogP contribution in [0.25, 0.3) is 0 Å². The number of ether oxygens (including phenoxy) is 1. The molecule has 2 aromatic heterocycles. The zero-order valence-corrected chi connectivity index (χ0v) is 24.6. The van der Waals surface area contributed by atoms with E-state index in [4.69, 9.17) is 10.00 Å². The van der Waals surface area contributed by atoms with Gasteiger partial charge in [0.2, 0.25) is 10.0 Å². The summed E-state index contributed by atoms with van der Waals surface area (Å²) < 4.78 is 33.7. The van der Waals surface area contributed by atoms with Crippen LogP contribution in [-0.2, 0) is 26.8 Å². The van der Waals surface area contributed by atoms with Crippen molar-refractivity contribution in [3.8, 4) is 11.8 Å². The summed E-state index contributed by atoms with van der Waals surface area (Å²) in [6.07, 6.45) is 8.43. The number of thiazole rings is 1. The molecule has 0 radical (unpaired) electrons. The zero-order valence-electron chi connectivity index (χ0n) is 23.0. The minimum atomic E-state index is -4.02. The number of rotatable bonds is 11. The van der Waals surface area contributed by atoms with Crippen molar-refractivity contribution in [2.45, 2.75) is 51.1 Å². The fourth-order valence-corrected chi connectivity index (χ4v) is 5.55. The van der Waals surface area contributed by atoms with Crippen LogP contribution in [-0.4, -0.2) is 53.9 Å². The summed E-state index contributed by atoms with van der Waals surface area (Å²) in [5.41, 5.74) is -0.996. The fraction of sp³-hybridized carbons (Fsp3) is 0.370. The molecule has 3 rings (SSSR count). The summed E-state index contributed by atoms with van der Waals surface area (Å²) in [7, 11) is -2.51. The molecule has 0 saturated heterocycles. The van der Waals surface area contributed by atoms with Crippen LogP contribution < -0.4 is 14.4 Å². The average Bonchev–Trinajstić information content (AvgIpc) is 3.59. The maximum absolute atomic E-state index is 14.4. The highest BCUT2D eigenvalue weighted by Gasteiger charge is 2.50. The molecule has 0 bridgehead atoms. The van der Waals surface area contributed by atoms with E-state index in [0.29, 0.717) is 5.75 Å². The van der Waals surface area contributed by atoms with Crippen molar-refractivity contribution >= 4 is 38.3 Å². The third-order valence-electron chi connectivity index (χ3n) is 6.10. The van der Waals surface area contributed by atoms with Gasteiger partial charge in [-0.3, -0.25) is 23.9 Å². The van der Waals surface area contributed by atoms with Gasteiger partial charge in [0.15, 0.2) is 5.13 Å². The van der Waals surface area contributed by atoms with Crippen LogP contribution in [0.1, 0.15) is 49.5 Å². The molecule has 212 valence electrons. The molecule has 3 aromatic rings. The van der Waals surface area contributed by atoms with E-state index in [9.17, 15) is 18.0 Å². The molecular weight excluding hydrogens is 552 g/mol. The Labute approximate surface area is 238 Å². The molecule has 0 saturated carbocycles. The summed E-state index contributed by atoms with van der Waals surface area (Å²) in [4.78, 5) is 34.0. The van der Waals surface area contributed by atoms with Gasteiger partial charge in [-0.15, -0.1) is 11.3 Å². The minimum absolute atomic E-state index is 0.0467. The Hall–Kier alpha value is -4.02. The van der Waals surface area contributed by atoms with Crippen LogP contribution >= 0.6 is 11.3 Å². The number of hydrogen-bond donors (Lipinski definition) is 1. The first-order valence-corrected chi connectivity index (χ1v) is 15.1. The van der Waals surface area contributed by atoms with Crippen LogP contribution in [0.5, 0.6) is 5.75 Å². The Morgan fingerprint density at radius 2 is 2.02 bits per heavy atom. The molecule has 0 spiro atoms. The van der Waals surface area contributed by atoms with Gasteiger partial charge in [0.25, 0.3) is 11.8 Å². The van der Waals surface area contributed by atoms with Crippen molar-refractivity contribution < 1.29 is 22.7 Å². The standard InChI is InChI=1S/C27H32N6O5S2/c1-26(2,3)21-11-10-20(18-22(21)38-4)23(34)33(25-29-15-17-39-25)27(12-7-6-8-13-28,19-32-16-9-14-30-32)24(35)31-40(5,36)37/h6,8-11,14-18H,7,12,19H2,1-5H3,(H,31,35)/b8-6+. The molecule has 0 aliphatic rings. The quantitative estimate of drug-likeness (QED) is 0.336. The lowest BCUT2D eigenvalue weighted by Crippen LogP contribution is -2.64. The summed E-state index contributed by atoms with van der Waals surface area (Å²) in [6, 6.07) is 8.61. The van der Waals surface area contributed by atoms with E-state index in [1.807, 2.05) is 26.8 Å². The largest absolute Gasteiger partial charge is 0.496 e. The molecule has 2 heterocycles. The summed E-state index contributed by atoms with van der Waals surface area (Å²) in [5, 5.41) is 15.1. The van der Waals surface area contributed by atoms with Crippen LogP contribution in [0, 0.1) is 11.3 Å². The smallest absolute Gasteiger partial charge is 0.261 e. The van der Waals surface area contributed by atoms with E-state index in [2.05, 4.69) is 14.8 Å². The van der Waals surface area contributed by atoms with E-state index < -0.39 is 27.4 Å². The van der Waals surface area contributed by atoms with Crippen molar-refractivity contribution in [1.82, 2.24) is 19.5 Å². The lowest BCUT2D eigenvalue weighted by Gasteiger charge is -2.41. The monoisotopic (exact) mass is 584 g/mol. The maximum atomic E-state index is 14.4. The second-order valence-corrected chi connectivity index (χ2v) is 12.8. The van der Waals surface area contributed by atoms with Crippen molar-refractivity contribution in [2.75, 3.05) is 18.3 Å². The van der Waals surface area contributed by atoms with Gasteiger partial charge in [-0.2, -0.15) is 10.4 Å². The second-order valence-electron chi connectivity index (χ2n) is 10.1. The number of anilines is 1. The van der Waals surface area contributed by atoms with Gasteiger partial charge >= 0.3 is 0 Å². The third kappa shape index (κ3) is 7.13. The number of nitrogens with one attached hydrogen (secondary N) is 1. The topological polar surface area (TPSA) is 147 Å². The number of aromatic nitrogens is 3. The summed E-state index contributed by atoms with van der Waals surface area (Å²) in [5.74, 6) is -1.03. The lowest BCUT2D eigenvalue weighted by molar-refractivity contribution is -0.125. The normalized spacial score (nSPS) is 13.4. The summed E-state index contributed by atoms with van der Waals surface area (Å²) in [6.45, 7) is 5.87. The molecule has 0 aliphatic heterocycles. The molecule has 0 fully saturated rings. The number of sulfonamides is 1. The molecule has 2 amide bonds. The molecule has 11 nitrogen and oxygen atoms in total. The van der Waals surface area contributed by atoms with Gasteiger partial charge < -0.3 is 4.74 Å². The SMILES string of the molecule is COc1cc(C(=O)N(c2nccs2)C(CC/C=C/C#N)(Cn2cccn2)C(=O)NS(C)(=O)=O)ccc1C(C)(C)C. The van der Waals surface area contributed by atoms with Crippen molar-refractivity contribution in [3.05, 3.63) is 71.5 Å². The average molecular weight is 585 g/mol. The van der Waals surface area contributed by atoms with Gasteiger partial charge in [-0.05, 0) is 42.0 Å². The number of methoxy groups -OCH3 is 1. The van der Waals surface area contributed by atoms with E-state index in [1.54, 1.807) is 41.9 Å². The Morgan fingerprint density at radius 1 is 1.27 bits per heavy atom. The van der Waals surface area contributed by atoms with Crippen LogP contribution in [0.3, 0.4) is 0 Å². The van der Waals surface area contributed by atoms with Gasteiger partial charge in [-0.1, -0.05) is 32.9 Å². The maximum Gasteiger partial charge on any atom is 0.261 e. The first-order valence-electron chi connectivity index (χ1n) is 12.3. The highest BCUT2D eigenvalue weighted by atomic mass is 32.2. The Morgan fingerprint density at radius 3 is 2.58 bits per heavy atom. The third-order valence-corrected chi connectivity index (χ3v) is 7.41. The molecule has 40 heavy (non-hydrogen) atoms. The Bertz CT molecular complexity index is 1500. The fourth-order valence-electron chi connectivity index (χ4n) is 4.30. The van der Waals surface area contributed by atoms with E-state index in [0.717, 1.165) is 23.2 Å². The number of carbonyl (C=O) groups is 2. The Balaban J connectivity index is 2.29. The first kappa shape index (κ1) is 30.5. The van der Waals surface area contributed by atoms with Gasteiger partial charge in [0.05, 0.1) is 26.0 Å². The summed E-state index contributed by atoms with van der Waals surface area (Å²) >= 11 is 1.12. The molecular formula is C27H32N6O5S2. The number of nitrogens with zero attached hydrogens (tertiary/aromatic N) is 5. The van der Waals surface area contributed by atoms with Crippen molar-refractivity contribution in [3.63, 3.8) is 0 Å². The molecule has 0 aliphatic carbocycles. The van der Waals surface area contributed by atoms with Gasteiger partial charge in [0, 0.05) is 35.6 Å². The van der Waals surface area contributed by atoms with Crippen LogP contribution in [0.4, 0.5) is 5.13 Å². The van der Waals surface area contributed by atoms with Crippen LogP contribution in [0.2, 0.25) is 0 Å². The molecule has 1 unspecified atom stereocenters. The van der Waals surface area contributed by atoms with E-state index >= 15 is 0 Å². The number of amides is 2. The first-order chi connectivity index (χ1) is 18.8. The highest BCUT2D eigenvalue weighted by Crippen LogP contribution is 2.36. The van der Waals surface area contributed by atoms with Gasteiger partial charge in [0.1, 0.15) is 11.3 Å². The van der Waals surface area contributed by atoms with Gasteiger partial charge in [-0.25, -0.2) is 13.4 Å². The Kier molecular flexibility index (Phi) is 9.49.